The average Bonchev–Trinajstić information content (AvgIpc) is 2.86. The van der Waals surface area contributed by atoms with Crippen LogP contribution in [0.5, 0.6) is 5.75 Å². The Balaban J connectivity index is 1.72. The Hall–Kier alpha value is -3.44. The number of hydrogen-bond acceptors (Lipinski definition) is 6. The molecule has 0 saturated heterocycles. The number of carbonyl (C=O) groups excluding carboxylic acids is 1. The van der Waals surface area contributed by atoms with Crippen LogP contribution >= 0.6 is 0 Å². The van der Waals surface area contributed by atoms with Crippen molar-refractivity contribution in [3.8, 4) is 5.75 Å². The quantitative estimate of drug-likeness (QED) is 0.177. The van der Waals surface area contributed by atoms with Gasteiger partial charge in [0.25, 0.3) is 0 Å². The van der Waals surface area contributed by atoms with E-state index in [0.717, 1.165) is 18.9 Å². The zero-order valence-corrected chi connectivity index (χ0v) is 21.6. The minimum Gasteiger partial charge on any atom is -0.494 e. The molecule has 3 rings (SSSR count). The first-order valence-corrected chi connectivity index (χ1v) is 13.5. The molecule has 0 atom stereocenters. The number of methoxy groups -OCH3 is 1. The molecule has 0 aliphatic rings. The summed E-state index contributed by atoms with van der Waals surface area (Å²) < 4.78 is 88.8. The normalized spacial score (nSPS) is 12.0. The highest BCUT2D eigenvalue weighted by atomic mass is 32.2. The lowest BCUT2D eigenvalue weighted by atomic mass is 10.1. The van der Waals surface area contributed by atoms with Crippen molar-refractivity contribution in [3.63, 3.8) is 0 Å². The largest absolute Gasteiger partial charge is 0.494 e. The van der Waals surface area contributed by atoms with E-state index in [2.05, 4.69) is 4.74 Å². The molecular formula is C27H27F4NO5S. The van der Waals surface area contributed by atoms with E-state index in [-0.39, 0.29) is 34.9 Å². The molecule has 204 valence electrons. The van der Waals surface area contributed by atoms with Crippen LogP contribution in [0.15, 0.2) is 71.6 Å². The number of carbonyl (C=O) groups is 1. The molecular weight excluding hydrogens is 526 g/mol. The zero-order valence-electron chi connectivity index (χ0n) is 20.8. The SMILES string of the molecule is COC(=O)c1ccc(OCCCN(Cc2ccccc2)Cc2cccc(C(F)(F)F)c2F)cc1S(C)(=O)=O. The maximum Gasteiger partial charge on any atom is 0.419 e. The van der Waals surface area contributed by atoms with Gasteiger partial charge in [-0.05, 0) is 36.2 Å². The molecule has 3 aromatic carbocycles. The summed E-state index contributed by atoms with van der Waals surface area (Å²) in [6, 6.07) is 16.4. The lowest BCUT2D eigenvalue weighted by Gasteiger charge is -2.23. The second-order valence-corrected chi connectivity index (χ2v) is 10.6. The molecule has 0 bridgehead atoms. The van der Waals surface area contributed by atoms with Gasteiger partial charge in [-0.25, -0.2) is 17.6 Å². The molecule has 3 aromatic rings. The number of ether oxygens (including phenoxy) is 2. The smallest absolute Gasteiger partial charge is 0.419 e. The lowest BCUT2D eigenvalue weighted by Crippen LogP contribution is -2.26. The average molecular weight is 554 g/mol. The number of rotatable bonds is 11. The number of nitrogens with zero attached hydrogens (tertiary/aromatic N) is 1. The van der Waals surface area contributed by atoms with E-state index in [1.807, 2.05) is 30.3 Å². The minimum absolute atomic E-state index is 0.0588. The predicted molar refractivity (Wildman–Crippen MR) is 133 cm³/mol. The van der Waals surface area contributed by atoms with Crippen LogP contribution in [0.2, 0.25) is 0 Å². The van der Waals surface area contributed by atoms with Crippen LogP contribution in [0.25, 0.3) is 0 Å². The second-order valence-electron chi connectivity index (χ2n) is 8.60. The van der Waals surface area contributed by atoms with Crippen LogP contribution < -0.4 is 4.74 Å². The highest BCUT2D eigenvalue weighted by Gasteiger charge is 2.35. The van der Waals surface area contributed by atoms with Crippen molar-refractivity contribution in [1.29, 1.82) is 0 Å². The standard InChI is InChI=1S/C27H27F4NO5S/c1-36-26(33)22-13-12-21(16-24(22)38(2,34)35)37-15-7-14-32(17-19-8-4-3-5-9-19)18-20-10-6-11-23(25(20)28)27(29,30)31/h3-6,8-13,16H,7,14-15,17-18H2,1-2H3. The first kappa shape index (κ1) is 29.1. The number of esters is 1. The fourth-order valence-electron chi connectivity index (χ4n) is 3.87. The fourth-order valence-corrected chi connectivity index (χ4v) is 4.75. The maximum atomic E-state index is 14.7. The Morgan fingerprint density at radius 2 is 1.68 bits per heavy atom. The highest BCUT2D eigenvalue weighted by molar-refractivity contribution is 7.90. The first-order valence-electron chi connectivity index (χ1n) is 11.6. The van der Waals surface area contributed by atoms with E-state index < -0.39 is 33.4 Å². The molecule has 0 spiro atoms. The van der Waals surface area contributed by atoms with Crippen LogP contribution in [-0.2, 0) is 33.8 Å². The molecule has 0 fully saturated rings. The summed E-state index contributed by atoms with van der Waals surface area (Å²) in [7, 11) is -2.60. The highest BCUT2D eigenvalue weighted by Crippen LogP contribution is 2.33. The third-order valence-corrected chi connectivity index (χ3v) is 6.81. The van der Waals surface area contributed by atoms with Crippen molar-refractivity contribution in [2.75, 3.05) is 26.5 Å². The molecule has 0 aliphatic heterocycles. The number of sulfone groups is 1. The van der Waals surface area contributed by atoms with Crippen molar-refractivity contribution >= 4 is 15.8 Å². The number of benzene rings is 3. The monoisotopic (exact) mass is 553 g/mol. The minimum atomic E-state index is -4.80. The summed E-state index contributed by atoms with van der Waals surface area (Å²) in [5.74, 6) is -1.87. The van der Waals surface area contributed by atoms with Gasteiger partial charge in [0.2, 0.25) is 0 Å². The Labute approximate surface area is 218 Å². The van der Waals surface area contributed by atoms with Crippen molar-refractivity contribution < 1.29 is 40.2 Å². The van der Waals surface area contributed by atoms with Gasteiger partial charge in [-0.1, -0.05) is 42.5 Å². The van der Waals surface area contributed by atoms with E-state index in [0.29, 0.717) is 25.6 Å². The van der Waals surface area contributed by atoms with Gasteiger partial charge in [0.05, 0.1) is 29.7 Å². The number of halogens is 4. The van der Waals surface area contributed by atoms with Crippen LogP contribution in [0.3, 0.4) is 0 Å². The van der Waals surface area contributed by atoms with E-state index in [4.69, 9.17) is 4.74 Å². The van der Waals surface area contributed by atoms with Gasteiger partial charge in [-0.2, -0.15) is 13.2 Å². The van der Waals surface area contributed by atoms with Gasteiger partial charge in [-0.3, -0.25) is 4.90 Å². The van der Waals surface area contributed by atoms with E-state index in [1.165, 1.54) is 30.3 Å². The zero-order chi connectivity index (χ0) is 27.9. The second kappa shape index (κ2) is 12.4. The third-order valence-electron chi connectivity index (χ3n) is 5.67. The molecule has 0 saturated carbocycles. The van der Waals surface area contributed by atoms with Crippen molar-refractivity contribution in [2.24, 2.45) is 0 Å². The molecule has 0 N–H and O–H groups in total. The molecule has 38 heavy (non-hydrogen) atoms. The predicted octanol–water partition coefficient (Wildman–Crippen LogP) is 5.51. The summed E-state index contributed by atoms with van der Waals surface area (Å²) >= 11 is 0. The Morgan fingerprint density at radius 1 is 0.974 bits per heavy atom. The topological polar surface area (TPSA) is 72.9 Å². The van der Waals surface area contributed by atoms with Crippen LogP contribution in [0.4, 0.5) is 17.6 Å². The molecule has 0 heterocycles. The Bertz CT molecular complexity index is 1360. The molecule has 0 unspecified atom stereocenters. The van der Waals surface area contributed by atoms with Gasteiger partial charge < -0.3 is 9.47 Å². The molecule has 0 aromatic heterocycles. The number of hydrogen-bond donors (Lipinski definition) is 0. The Kier molecular flexibility index (Phi) is 9.50. The summed E-state index contributed by atoms with van der Waals surface area (Å²) in [5.41, 5.74) is -0.598. The third kappa shape index (κ3) is 7.78. The van der Waals surface area contributed by atoms with Crippen LogP contribution in [0.1, 0.15) is 33.5 Å². The molecule has 6 nitrogen and oxygen atoms in total. The molecule has 0 aliphatic carbocycles. The van der Waals surface area contributed by atoms with Gasteiger partial charge >= 0.3 is 12.1 Å². The summed E-state index contributed by atoms with van der Waals surface area (Å²) in [6.45, 7) is 0.792. The van der Waals surface area contributed by atoms with Crippen LogP contribution in [-0.4, -0.2) is 45.8 Å². The van der Waals surface area contributed by atoms with Crippen LogP contribution in [0, 0.1) is 5.82 Å². The van der Waals surface area contributed by atoms with Gasteiger partial charge in [0.15, 0.2) is 9.84 Å². The molecule has 11 heteroatoms. The Morgan fingerprint density at radius 3 is 2.32 bits per heavy atom. The van der Waals surface area contributed by atoms with E-state index in [1.54, 1.807) is 4.90 Å². The lowest BCUT2D eigenvalue weighted by molar-refractivity contribution is -0.140. The summed E-state index contributed by atoms with van der Waals surface area (Å²) in [5, 5.41) is 0. The van der Waals surface area contributed by atoms with Gasteiger partial charge in [0, 0.05) is 31.5 Å². The summed E-state index contributed by atoms with van der Waals surface area (Å²) in [4.78, 5) is 13.5. The molecule has 0 amide bonds. The van der Waals surface area contributed by atoms with Crippen molar-refractivity contribution in [1.82, 2.24) is 4.90 Å². The van der Waals surface area contributed by atoms with E-state index >= 15 is 0 Å². The first-order chi connectivity index (χ1) is 17.9. The maximum absolute atomic E-state index is 14.7. The van der Waals surface area contributed by atoms with E-state index in [9.17, 15) is 30.8 Å². The fraction of sp³-hybridized carbons (Fsp3) is 0.296. The molecule has 0 radical (unpaired) electrons. The summed E-state index contributed by atoms with van der Waals surface area (Å²) in [6.07, 6.45) is -3.43. The van der Waals surface area contributed by atoms with Crippen molar-refractivity contribution in [2.45, 2.75) is 30.6 Å². The van der Waals surface area contributed by atoms with Gasteiger partial charge in [0.1, 0.15) is 11.6 Å². The van der Waals surface area contributed by atoms with Gasteiger partial charge in [-0.15, -0.1) is 0 Å². The number of alkyl halides is 3. The van der Waals surface area contributed by atoms with Crippen molar-refractivity contribution in [3.05, 3.63) is 94.8 Å².